The van der Waals surface area contributed by atoms with Crippen LogP contribution < -0.4 is 4.74 Å². The van der Waals surface area contributed by atoms with Crippen LogP contribution in [0.15, 0.2) is 0 Å². The minimum absolute atomic E-state index is 0.249. The molecule has 3 rings (SSSR count). The van der Waals surface area contributed by atoms with Crippen LogP contribution in [0.25, 0.3) is 0 Å². The van der Waals surface area contributed by atoms with E-state index in [1.54, 1.807) is 0 Å². The maximum absolute atomic E-state index is 11.2. The number of aliphatic carboxylic acids is 1. The molecular formula is C17H22O4. The number of aliphatic hydroxyl groups excluding tert-OH is 1. The summed E-state index contributed by atoms with van der Waals surface area (Å²) in [6.07, 6.45) is 2.08. The molecule has 0 saturated carbocycles. The fraction of sp³-hybridized carbons (Fsp3) is 0.588. The molecule has 4 nitrogen and oxygen atoms in total. The fourth-order valence-electron chi connectivity index (χ4n) is 3.88. The molecular weight excluding hydrogens is 268 g/mol. The number of carboxylic acids is 1. The number of rotatable bonds is 3. The molecule has 1 aromatic carbocycles. The van der Waals surface area contributed by atoms with E-state index in [0.717, 1.165) is 52.8 Å². The van der Waals surface area contributed by atoms with Crippen LogP contribution in [-0.2, 0) is 17.6 Å². The van der Waals surface area contributed by atoms with E-state index in [4.69, 9.17) is 4.74 Å². The van der Waals surface area contributed by atoms with Crippen LogP contribution in [0.5, 0.6) is 5.75 Å². The van der Waals surface area contributed by atoms with E-state index in [0.29, 0.717) is 6.42 Å². The molecule has 3 atom stereocenters. The van der Waals surface area contributed by atoms with Crippen LogP contribution in [0, 0.1) is 19.8 Å². The number of hydrogen-bond donors (Lipinski definition) is 2. The molecule has 114 valence electrons. The van der Waals surface area contributed by atoms with Gasteiger partial charge in [0.2, 0.25) is 0 Å². The number of fused-ring (bicyclic) bond motifs is 3. The fourth-order valence-corrected chi connectivity index (χ4v) is 3.88. The van der Waals surface area contributed by atoms with Crippen molar-refractivity contribution >= 4 is 5.97 Å². The quantitative estimate of drug-likeness (QED) is 0.898. The second kappa shape index (κ2) is 5.02. The van der Waals surface area contributed by atoms with Gasteiger partial charge in [0, 0.05) is 12.0 Å². The standard InChI is InChI=1S/C17H22O4/c1-4-5-10-6-11-12-7-13(17(19)20)21-16(12)9(3)8(2)14(11)15(10)18/h10,13,15,18H,4-7H2,1-3H3,(H,19,20). The zero-order valence-electron chi connectivity index (χ0n) is 12.8. The maximum atomic E-state index is 11.2. The van der Waals surface area contributed by atoms with E-state index in [-0.39, 0.29) is 5.92 Å². The summed E-state index contributed by atoms with van der Waals surface area (Å²) < 4.78 is 5.65. The predicted molar refractivity (Wildman–Crippen MR) is 78.7 cm³/mol. The minimum atomic E-state index is -0.916. The molecule has 21 heavy (non-hydrogen) atoms. The molecule has 1 heterocycles. The Morgan fingerprint density at radius 2 is 1.95 bits per heavy atom. The molecule has 4 heteroatoms. The molecule has 0 bridgehead atoms. The van der Waals surface area contributed by atoms with Gasteiger partial charge in [-0.1, -0.05) is 13.3 Å². The van der Waals surface area contributed by atoms with Gasteiger partial charge in [-0.3, -0.25) is 0 Å². The summed E-state index contributed by atoms with van der Waals surface area (Å²) in [6.45, 7) is 6.09. The topological polar surface area (TPSA) is 66.8 Å². The average Bonchev–Trinajstić information content (AvgIpc) is 3.00. The molecule has 0 aromatic heterocycles. The van der Waals surface area contributed by atoms with Crippen molar-refractivity contribution in [3.05, 3.63) is 27.8 Å². The van der Waals surface area contributed by atoms with Gasteiger partial charge in [-0.05, 0) is 54.9 Å². The maximum Gasteiger partial charge on any atom is 0.345 e. The summed E-state index contributed by atoms with van der Waals surface area (Å²) in [7, 11) is 0. The van der Waals surface area contributed by atoms with Gasteiger partial charge >= 0.3 is 5.97 Å². The van der Waals surface area contributed by atoms with E-state index >= 15 is 0 Å². The Bertz CT molecular complexity index is 606. The number of benzene rings is 1. The lowest BCUT2D eigenvalue weighted by Gasteiger charge is -2.17. The number of aliphatic hydroxyl groups is 1. The Balaban J connectivity index is 2.09. The number of carbonyl (C=O) groups is 1. The number of carboxylic acid groups (broad SMARTS) is 1. The third-order valence-electron chi connectivity index (χ3n) is 5.06. The second-order valence-electron chi connectivity index (χ2n) is 6.30. The van der Waals surface area contributed by atoms with Gasteiger partial charge in [0.1, 0.15) is 5.75 Å². The van der Waals surface area contributed by atoms with Gasteiger partial charge in [-0.15, -0.1) is 0 Å². The SMILES string of the molecule is CCCC1Cc2c3c(c(C)c(C)c2C1O)OC(C(=O)O)C3. The normalized spacial score (nSPS) is 26.4. The number of hydrogen-bond acceptors (Lipinski definition) is 3. The molecule has 0 amide bonds. The smallest absolute Gasteiger partial charge is 0.345 e. The summed E-state index contributed by atoms with van der Waals surface area (Å²) >= 11 is 0. The number of ether oxygens (including phenoxy) is 1. The van der Waals surface area contributed by atoms with Gasteiger partial charge in [-0.25, -0.2) is 4.79 Å². The Morgan fingerprint density at radius 1 is 1.24 bits per heavy atom. The molecule has 0 radical (unpaired) electrons. The van der Waals surface area contributed by atoms with Gasteiger partial charge in [-0.2, -0.15) is 0 Å². The highest BCUT2D eigenvalue weighted by Gasteiger charge is 2.40. The largest absolute Gasteiger partial charge is 0.478 e. The van der Waals surface area contributed by atoms with Crippen LogP contribution in [0.2, 0.25) is 0 Å². The first-order valence-corrected chi connectivity index (χ1v) is 7.68. The van der Waals surface area contributed by atoms with Crippen LogP contribution in [0.3, 0.4) is 0 Å². The predicted octanol–water partition coefficient (Wildman–Crippen LogP) is 2.70. The molecule has 0 saturated heterocycles. The van der Waals surface area contributed by atoms with E-state index in [2.05, 4.69) is 6.92 Å². The Hall–Kier alpha value is -1.55. The molecule has 1 aromatic rings. The lowest BCUT2D eigenvalue weighted by molar-refractivity contribution is -0.144. The van der Waals surface area contributed by atoms with Crippen molar-refractivity contribution < 1.29 is 19.7 Å². The van der Waals surface area contributed by atoms with Gasteiger partial charge in [0.25, 0.3) is 0 Å². The van der Waals surface area contributed by atoms with Gasteiger partial charge in [0.15, 0.2) is 6.10 Å². The van der Waals surface area contributed by atoms with Crippen molar-refractivity contribution in [2.24, 2.45) is 5.92 Å². The van der Waals surface area contributed by atoms with Crippen molar-refractivity contribution in [3.8, 4) is 5.75 Å². The Morgan fingerprint density at radius 3 is 2.57 bits per heavy atom. The Labute approximate surface area is 124 Å². The lowest BCUT2D eigenvalue weighted by atomic mass is 9.91. The van der Waals surface area contributed by atoms with Crippen molar-refractivity contribution in [3.63, 3.8) is 0 Å². The van der Waals surface area contributed by atoms with Crippen LogP contribution in [-0.4, -0.2) is 22.3 Å². The summed E-state index contributed by atoms with van der Waals surface area (Å²) in [5.74, 6) is 0.0714. The zero-order valence-corrected chi connectivity index (χ0v) is 12.8. The highest BCUT2D eigenvalue weighted by Crippen LogP contribution is 2.48. The third kappa shape index (κ3) is 2.04. The third-order valence-corrected chi connectivity index (χ3v) is 5.06. The van der Waals surface area contributed by atoms with Crippen molar-refractivity contribution in [1.82, 2.24) is 0 Å². The summed E-state index contributed by atoms with van der Waals surface area (Å²) in [4.78, 5) is 11.2. The van der Waals surface area contributed by atoms with Crippen molar-refractivity contribution in [2.45, 2.75) is 58.7 Å². The first kappa shape index (κ1) is 14.4. The molecule has 1 aliphatic carbocycles. The molecule has 2 aliphatic rings. The molecule has 0 spiro atoms. The van der Waals surface area contributed by atoms with Crippen molar-refractivity contribution in [2.75, 3.05) is 0 Å². The molecule has 2 N–H and O–H groups in total. The average molecular weight is 290 g/mol. The van der Waals surface area contributed by atoms with Crippen LogP contribution in [0.4, 0.5) is 0 Å². The first-order valence-electron chi connectivity index (χ1n) is 7.68. The summed E-state index contributed by atoms with van der Waals surface area (Å²) in [5, 5.41) is 19.8. The van der Waals surface area contributed by atoms with Gasteiger partial charge in [0.05, 0.1) is 6.10 Å². The summed E-state index contributed by atoms with van der Waals surface area (Å²) in [5.41, 5.74) is 5.21. The van der Waals surface area contributed by atoms with E-state index < -0.39 is 18.2 Å². The summed E-state index contributed by atoms with van der Waals surface area (Å²) in [6, 6.07) is 0. The van der Waals surface area contributed by atoms with E-state index in [9.17, 15) is 15.0 Å². The highest BCUT2D eigenvalue weighted by atomic mass is 16.5. The van der Waals surface area contributed by atoms with Crippen LogP contribution in [0.1, 0.15) is 53.7 Å². The van der Waals surface area contributed by atoms with Crippen LogP contribution >= 0.6 is 0 Å². The van der Waals surface area contributed by atoms with Gasteiger partial charge < -0.3 is 14.9 Å². The monoisotopic (exact) mass is 290 g/mol. The van der Waals surface area contributed by atoms with E-state index in [1.165, 1.54) is 0 Å². The second-order valence-corrected chi connectivity index (χ2v) is 6.30. The highest BCUT2D eigenvalue weighted by molar-refractivity contribution is 5.76. The molecule has 0 fully saturated rings. The molecule has 1 aliphatic heterocycles. The minimum Gasteiger partial charge on any atom is -0.478 e. The van der Waals surface area contributed by atoms with E-state index in [1.807, 2.05) is 13.8 Å². The molecule has 3 unspecified atom stereocenters. The zero-order chi connectivity index (χ0) is 15.3. The Kier molecular flexibility index (Phi) is 3.44. The first-order chi connectivity index (χ1) is 9.95. The van der Waals surface area contributed by atoms with Crippen molar-refractivity contribution in [1.29, 1.82) is 0 Å². The lowest BCUT2D eigenvalue weighted by Crippen LogP contribution is -2.24.